The number of nitrogens with zero attached hydrogens (tertiary/aromatic N) is 3. The smallest absolute Gasteiger partial charge is 0.227 e. The maximum Gasteiger partial charge on any atom is 0.227 e. The van der Waals surface area contributed by atoms with Crippen LogP contribution in [0.1, 0.15) is 45.3 Å². The highest BCUT2D eigenvalue weighted by Crippen LogP contribution is 2.38. The van der Waals surface area contributed by atoms with Gasteiger partial charge < -0.3 is 9.80 Å². The predicted molar refractivity (Wildman–Crippen MR) is 143 cm³/mol. The summed E-state index contributed by atoms with van der Waals surface area (Å²) < 4.78 is 0. The summed E-state index contributed by atoms with van der Waals surface area (Å²) in [6.07, 6.45) is 2.88. The molecule has 5 rings (SSSR count). The van der Waals surface area contributed by atoms with Gasteiger partial charge in [-0.3, -0.25) is 14.5 Å². The Bertz CT molecular complexity index is 1160. The number of rotatable bonds is 6. The van der Waals surface area contributed by atoms with E-state index in [1.807, 2.05) is 38.6 Å². The first-order valence-electron chi connectivity index (χ1n) is 12.5. The highest BCUT2D eigenvalue weighted by Gasteiger charge is 2.31. The summed E-state index contributed by atoms with van der Waals surface area (Å²) in [7, 11) is 0. The lowest BCUT2D eigenvalue weighted by Gasteiger charge is -2.37. The minimum absolute atomic E-state index is 0.169. The van der Waals surface area contributed by atoms with E-state index < -0.39 is 0 Å². The average molecular weight is 508 g/mol. The monoisotopic (exact) mass is 507 g/mol. The van der Waals surface area contributed by atoms with Crippen LogP contribution in [0.25, 0.3) is 0 Å². The van der Waals surface area contributed by atoms with Crippen molar-refractivity contribution in [3.05, 3.63) is 79.7 Å². The van der Waals surface area contributed by atoms with Gasteiger partial charge >= 0.3 is 0 Å². The number of carbonyl (C=O) groups excluding carboxylic acids is 2. The Labute approximate surface area is 216 Å². The standard InChI is InChI=1S/C28H33N3O2S2/c1-21-6-2-3-8-23(21)28-24-11-19-35-25(24)9-14-31(28)15-10-26(32)29-12-5-13-30(17-16-29)27(33)20-22-7-4-18-34-22/h2-4,6-8,11,18-19,28H,5,9-10,12-17,20H2,1H3/t28-/m1/s1. The van der Waals surface area contributed by atoms with Crippen LogP contribution in [0, 0.1) is 6.92 Å². The number of benzene rings is 1. The van der Waals surface area contributed by atoms with E-state index in [2.05, 4.69) is 47.5 Å². The SMILES string of the molecule is Cc1ccccc1[C@@H]1c2ccsc2CCN1CCC(=O)N1CCCN(C(=O)Cc2cccs2)CC1. The quantitative estimate of drug-likeness (QED) is 0.483. The molecule has 7 heteroatoms. The van der Waals surface area contributed by atoms with E-state index in [4.69, 9.17) is 0 Å². The largest absolute Gasteiger partial charge is 0.341 e. The number of hydrogen-bond donors (Lipinski definition) is 0. The van der Waals surface area contributed by atoms with E-state index in [1.54, 1.807) is 11.3 Å². The Kier molecular flexibility index (Phi) is 7.66. The molecule has 2 amide bonds. The molecule has 184 valence electrons. The van der Waals surface area contributed by atoms with Crippen LogP contribution in [0.15, 0.2) is 53.2 Å². The number of thiophene rings is 2. The lowest BCUT2D eigenvalue weighted by Crippen LogP contribution is -2.41. The topological polar surface area (TPSA) is 43.9 Å². The Morgan fingerprint density at radius 2 is 1.66 bits per heavy atom. The summed E-state index contributed by atoms with van der Waals surface area (Å²) in [5.74, 6) is 0.375. The van der Waals surface area contributed by atoms with Crippen molar-refractivity contribution < 1.29 is 9.59 Å². The molecule has 1 saturated heterocycles. The van der Waals surface area contributed by atoms with Gasteiger partial charge in [-0.2, -0.15) is 0 Å². The first-order valence-corrected chi connectivity index (χ1v) is 14.3. The first kappa shape index (κ1) is 24.2. The third-order valence-electron chi connectivity index (χ3n) is 7.27. The molecule has 0 aliphatic carbocycles. The van der Waals surface area contributed by atoms with Crippen molar-refractivity contribution in [2.24, 2.45) is 0 Å². The molecule has 1 atom stereocenters. The van der Waals surface area contributed by atoms with Crippen molar-refractivity contribution >= 4 is 34.5 Å². The molecule has 3 aromatic rings. The second kappa shape index (κ2) is 11.1. The van der Waals surface area contributed by atoms with Crippen LogP contribution in [0.5, 0.6) is 0 Å². The van der Waals surface area contributed by atoms with Crippen LogP contribution < -0.4 is 0 Å². The van der Waals surface area contributed by atoms with Crippen LogP contribution >= 0.6 is 22.7 Å². The van der Waals surface area contributed by atoms with Gasteiger partial charge in [0, 0.05) is 55.4 Å². The maximum absolute atomic E-state index is 13.2. The fourth-order valence-electron chi connectivity index (χ4n) is 5.35. The molecule has 0 bridgehead atoms. The third kappa shape index (κ3) is 5.52. The third-order valence-corrected chi connectivity index (χ3v) is 9.14. The second-order valence-electron chi connectivity index (χ2n) is 9.47. The molecule has 1 aromatic carbocycles. The number of carbonyl (C=O) groups is 2. The van der Waals surface area contributed by atoms with Gasteiger partial charge in [0.2, 0.25) is 11.8 Å². The van der Waals surface area contributed by atoms with Crippen molar-refractivity contribution in [2.45, 2.75) is 38.6 Å². The lowest BCUT2D eigenvalue weighted by molar-refractivity contribution is -0.133. The molecule has 0 saturated carbocycles. The van der Waals surface area contributed by atoms with Crippen molar-refractivity contribution in [3.63, 3.8) is 0 Å². The highest BCUT2D eigenvalue weighted by atomic mass is 32.1. The molecule has 35 heavy (non-hydrogen) atoms. The van der Waals surface area contributed by atoms with Crippen LogP contribution in [-0.4, -0.2) is 65.8 Å². The second-order valence-corrected chi connectivity index (χ2v) is 11.5. The van der Waals surface area contributed by atoms with Gasteiger partial charge in [0.1, 0.15) is 0 Å². The number of aryl methyl sites for hydroxylation is 1. The Morgan fingerprint density at radius 3 is 2.43 bits per heavy atom. The zero-order chi connectivity index (χ0) is 24.2. The first-order chi connectivity index (χ1) is 17.1. The van der Waals surface area contributed by atoms with Gasteiger partial charge in [0.15, 0.2) is 0 Å². The Balaban J connectivity index is 1.20. The number of amides is 2. The Morgan fingerprint density at radius 1 is 0.857 bits per heavy atom. The van der Waals surface area contributed by atoms with Crippen LogP contribution in [0.2, 0.25) is 0 Å². The van der Waals surface area contributed by atoms with E-state index in [0.717, 1.165) is 43.9 Å². The fourth-order valence-corrected chi connectivity index (χ4v) is 6.95. The van der Waals surface area contributed by atoms with Crippen molar-refractivity contribution in [2.75, 3.05) is 39.3 Å². The number of hydrogen-bond acceptors (Lipinski definition) is 5. The minimum atomic E-state index is 0.169. The summed E-state index contributed by atoms with van der Waals surface area (Å²) in [5, 5.41) is 4.21. The van der Waals surface area contributed by atoms with Gasteiger partial charge in [-0.15, -0.1) is 22.7 Å². The van der Waals surface area contributed by atoms with E-state index >= 15 is 0 Å². The van der Waals surface area contributed by atoms with Gasteiger partial charge in [0.05, 0.1) is 12.5 Å². The van der Waals surface area contributed by atoms with E-state index in [1.165, 1.54) is 21.6 Å². The van der Waals surface area contributed by atoms with Gasteiger partial charge in [-0.05, 0) is 59.3 Å². The van der Waals surface area contributed by atoms with E-state index in [-0.39, 0.29) is 17.9 Å². The molecular formula is C28H33N3O2S2. The van der Waals surface area contributed by atoms with Gasteiger partial charge in [0.25, 0.3) is 0 Å². The highest BCUT2D eigenvalue weighted by molar-refractivity contribution is 7.10. The molecule has 0 unspecified atom stereocenters. The molecule has 2 aliphatic rings. The summed E-state index contributed by atoms with van der Waals surface area (Å²) in [6, 6.07) is 15.1. The van der Waals surface area contributed by atoms with Crippen molar-refractivity contribution in [3.8, 4) is 0 Å². The van der Waals surface area contributed by atoms with Crippen LogP contribution in [0.3, 0.4) is 0 Å². The molecule has 2 aliphatic heterocycles. The van der Waals surface area contributed by atoms with Gasteiger partial charge in [-0.25, -0.2) is 0 Å². The summed E-state index contributed by atoms with van der Waals surface area (Å²) >= 11 is 3.48. The van der Waals surface area contributed by atoms with Crippen molar-refractivity contribution in [1.29, 1.82) is 0 Å². The minimum Gasteiger partial charge on any atom is -0.341 e. The summed E-state index contributed by atoms with van der Waals surface area (Å²) in [4.78, 5) is 34.9. The number of fused-ring (bicyclic) bond motifs is 1. The van der Waals surface area contributed by atoms with E-state index in [0.29, 0.717) is 25.9 Å². The molecule has 0 N–H and O–H groups in total. The lowest BCUT2D eigenvalue weighted by atomic mass is 9.90. The normalized spacial score (nSPS) is 18.8. The van der Waals surface area contributed by atoms with Gasteiger partial charge in [-0.1, -0.05) is 30.3 Å². The zero-order valence-corrected chi connectivity index (χ0v) is 22.0. The molecular weight excluding hydrogens is 474 g/mol. The summed E-state index contributed by atoms with van der Waals surface area (Å²) in [6.45, 7) is 6.64. The Hall–Kier alpha value is -2.48. The maximum atomic E-state index is 13.2. The molecule has 2 aromatic heterocycles. The van der Waals surface area contributed by atoms with E-state index in [9.17, 15) is 9.59 Å². The van der Waals surface area contributed by atoms with Crippen LogP contribution in [-0.2, 0) is 22.4 Å². The zero-order valence-electron chi connectivity index (χ0n) is 20.3. The van der Waals surface area contributed by atoms with Crippen molar-refractivity contribution in [1.82, 2.24) is 14.7 Å². The molecule has 0 radical (unpaired) electrons. The molecule has 1 fully saturated rings. The molecule has 4 heterocycles. The fraction of sp³-hybridized carbons (Fsp3) is 0.429. The average Bonchev–Trinajstić information content (AvgIpc) is 3.49. The summed E-state index contributed by atoms with van der Waals surface area (Å²) in [5.41, 5.74) is 4.04. The van der Waals surface area contributed by atoms with Crippen LogP contribution in [0.4, 0.5) is 0 Å². The molecule has 5 nitrogen and oxygen atoms in total. The molecule has 0 spiro atoms. The predicted octanol–water partition coefficient (Wildman–Crippen LogP) is 4.76.